The van der Waals surface area contributed by atoms with Crippen LogP contribution in [0.15, 0.2) is 30.5 Å². The lowest BCUT2D eigenvalue weighted by molar-refractivity contribution is -0.143. The molecule has 7 N–H and O–H groups in total. The van der Waals surface area contributed by atoms with Gasteiger partial charge in [0.1, 0.15) is 18.1 Å². The van der Waals surface area contributed by atoms with Crippen LogP contribution in [0.4, 0.5) is 0 Å². The van der Waals surface area contributed by atoms with Crippen LogP contribution < -0.4 is 21.7 Å². The van der Waals surface area contributed by atoms with Crippen molar-refractivity contribution in [3.8, 4) is 0 Å². The van der Waals surface area contributed by atoms with E-state index in [1.54, 1.807) is 27.0 Å². The second kappa shape index (κ2) is 13.2. The molecule has 0 saturated heterocycles. The number of carboxylic acid groups (broad SMARTS) is 1. The Morgan fingerprint density at radius 2 is 1.51 bits per heavy atom. The van der Waals surface area contributed by atoms with Gasteiger partial charge in [0, 0.05) is 23.5 Å². The molecule has 0 aliphatic rings. The average molecular weight is 516 g/mol. The number of carboxylic acids is 1. The first-order chi connectivity index (χ1) is 17.4. The highest BCUT2D eigenvalue weighted by Crippen LogP contribution is 2.20. The predicted molar refractivity (Wildman–Crippen MR) is 143 cm³/mol. The summed E-state index contributed by atoms with van der Waals surface area (Å²) >= 11 is 0. The Morgan fingerprint density at radius 1 is 0.892 bits per heavy atom. The maximum atomic E-state index is 13.4. The molecule has 37 heavy (non-hydrogen) atoms. The van der Waals surface area contributed by atoms with E-state index < -0.39 is 47.9 Å². The molecular formula is C27H41N5O5. The van der Waals surface area contributed by atoms with E-state index in [1.807, 2.05) is 45.0 Å². The fourth-order valence-corrected chi connectivity index (χ4v) is 4.02. The van der Waals surface area contributed by atoms with Crippen molar-refractivity contribution in [1.29, 1.82) is 0 Å². The van der Waals surface area contributed by atoms with E-state index in [0.717, 1.165) is 16.5 Å². The molecule has 0 radical (unpaired) electrons. The summed E-state index contributed by atoms with van der Waals surface area (Å²) in [7, 11) is 0. The highest BCUT2D eigenvalue weighted by molar-refractivity contribution is 5.95. The number of hydrogen-bond acceptors (Lipinski definition) is 5. The number of carbonyl (C=O) groups excluding carboxylic acids is 3. The molecule has 1 heterocycles. The van der Waals surface area contributed by atoms with Gasteiger partial charge in [-0.1, -0.05) is 66.2 Å². The molecule has 1 aromatic heterocycles. The third kappa shape index (κ3) is 7.79. The van der Waals surface area contributed by atoms with E-state index in [0.29, 0.717) is 6.42 Å². The minimum atomic E-state index is -1.14. The SMILES string of the molecule is CCC(C)C(NC(=O)C(Cc1c[nH]c2ccccc12)NC(=O)C(NC(=O)C(N)C(C)C)C(C)C)C(=O)O. The highest BCUT2D eigenvalue weighted by atomic mass is 16.4. The van der Waals surface area contributed by atoms with Crippen LogP contribution in [-0.4, -0.2) is 57.9 Å². The van der Waals surface area contributed by atoms with Crippen LogP contribution in [0.5, 0.6) is 0 Å². The van der Waals surface area contributed by atoms with Crippen molar-refractivity contribution in [2.45, 2.75) is 78.6 Å². The molecule has 0 aliphatic heterocycles. The first kappa shape index (κ1) is 29.8. The minimum Gasteiger partial charge on any atom is -0.480 e. The number of aromatic amines is 1. The quantitative estimate of drug-likeness (QED) is 0.238. The number of nitrogens with one attached hydrogen (secondary N) is 4. The zero-order chi connectivity index (χ0) is 27.9. The van der Waals surface area contributed by atoms with E-state index in [-0.39, 0.29) is 24.2 Å². The number of para-hydroxylation sites is 1. The number of aliphatic carboxylic acids is 1. The lowest BCUT2D eigenvalue weighted by Gasteiger charge is -2.28. The zero-order valence-electron chi connectivity index (χ0n) is 22.5. The van der Waals surface area contributed by atoms with Crippen LogP contribution in [0.1, 0.15) is 53.5 Å². The molecule has 5 unspecified atom stereocenters. The van der Waals surface area contributed by atoms with Gasteiger partial charge in [0.05, 0.1) is 6.04 Å². The molecule has 5 atom stereocenters. The Labute approximate surface area is 218 Å². The predicted octanol–water partition coefficient (Wildman–Crippen LogP) is 1.93. The Balaban J connectivity index is 2.34. The van der Waals surface area contributed by atoms with Gasteiger partial charge < -0.3 is 31.8 Å². The van der Waals surface area contributed by atoms with Crippen molar-refractivity contribution in [1.82, 2.24) is 20.9 Å². The summed E-state index contributed by atoms with van der Waals surface area (Å²) in [5.74, 6) is -3.48. The normalized spacial score (nSPS) is 15.6. The van der Waals surface area contributed by atoms with Crippen LogP contribution >= 0.6 is 0 Å². The summed E-state index contributed by atoms with van der Waals surface area (Å²) in [4.78, 5) is 54.3. The number of aromatic nitrogens is 1. The Kier molecular flexibility index (Phi) is 10.7. The fourth-order valence-electron chi connectivity index (χ4n) is 4.02. The summed E-state index contributed by atoms with van der Waals surface area (Å²) in [5, 5.41) is 18.6. The smallest absolute Gasteiger partial charge is 0.326 e. The van der Waals surface area contributed by atoms with E-state index >= 15 is 0 Å². The number of H-pyrrole nitrogens is 1. The van der Waals surface area contributed by atoms with Gasteiger partial charge in [-0.15, -0.1) is 0 Å². The summed E-state index contributed by atoms with van der Waals surface area (Å²) < 4.78 is 0. The molecule has 0 aliphatic carbocycles. The third-order valence-corrected chi connectivity index (χ3v) is 6.78. The molecular weight excluding hydrogens is 474 g/mol. The van der Waals surface area contributed by atoms with Gasteiger partial charge in [0.15, 0.2) is 0 Å². The summed E-state index contributed by atoms with van der Waals surface area (Å²) in [5.41, 5.74) is 7.63. The molecule has 3 amide bonds. The third-order valence-electron chi connectivity index (χ3n) is 6.78. The van der Waals surface area contributed by atoms with Crippen molar-refractivity contribution in [2.75, 3.05) is 0 Å². The lowest BCUT2D eigenvalue weighted by atomic mass is 9.97. The Hall–Kier alpha value is -3.40. The first-order valence-electron chi connectivity index (χ1n) is 12.8. The van der Waals surface area contributed by atoms with E-state index in [1.165, 1.54) is 0 Å². The van der Waals surface area contributed by atoms with Crippen LogP contribution in [0.2, 0.25) is 0 Å². The molecule has 1 aromatic carbocycles. The van der Waals surface area contributed by atoms with Crippen molar-refractivity contribution in [3.05, 3.63) is 36.0 Å². The largest absolute Gasteiger partial charge is 0.480 e. The minimum absolute atomic E-state index is 0.121. The number of hydrogen-bond donors (Lipinski definition) is 6. The van der Waals surface area contributed by atoms with Crippen LogP contribution in [-0.2, 0) is 25.6 Å². The zero-order valence-corrected chi connectivity index (χ0v) is 22.5. The molecule has 2 rings (SSSR count). The maximum absolute atomic E-state index is 13.4. The number of amides is 3. The summed E-state index contributed by atoms with van der Waals surface area (Å²) in [6, 6.07) is 3.67. The summed E-state index contributed by atoms with van der Waals surface area (Å²) in [6.07, 6.45) is 2.44. The lowest BCUT2D eigenvalue weighted by Crippen LogP contribution is -2.59. The maximum Gasteiger partial charge on any atom is 0.326 e. The molecule has 0 spiro atoms. The number of benzene rings is 1. The monoisotopic (exact) mass is 515 g/mol. The van der Waals surface area contributed by atoms with Crippen molar-refractivity contribution >= 4 is 34.6 Å². The van der Waals surface area contributed by atoms with Crippen LogP contribution in [0.3, 0.4) is 0 Å². The molecule has 0 bridgehead atoms. The van der Waals surface area contributed by atoms with E-state index in [4.69, 9.17) is 5.73 Å². The van der Waals surface area contributed by atoms with Gasteiger partial charge in [0.25, 0.3) is 0 Å². The number of fused-ring (bicyclic) bond motifs is 1. The molecule has 10 heteroatoms. The van der Waals surface area contributed by atoms with Gasteiger partial charge in [-0.2, -0.15) is 0 Å². The summed E-state index contributed by atoms with van der Waals surface area (Å²) in [6.45, 7) is 10.8. The van der Waals surface area contributed by atoms with Crippen molar-refractivity contribution < 1.29 is 24.3 Å². The van der Waals surface area contributed by atoms with Crippen molar-refractivity contribution in [2.24, 2.45) is 23.5 Å². The Morgan fingerprint density at radius 3 is 2.08 bits per heavy atom. The highest BCUT2D eigenvalue weighted by Gasteiger charge is 2.33. The van der Waals surface area contributed by atoms with Crippen molar-refractivity contribution in [3.63, 3.8) is 0 Å². The molecule has 0 saturated carbocycles. The van der Waals surface area contributed by atoms with Gasteiger partial charge >= 0.3 is 5.97 Å². The number of carbonyl (C=O) groups is 4. The molecule has 10 nitrogen and oxygen atoms in total. The first-order valence-corrected chi connectivity index (χ1v) is 12.8. The van der Waals surface area contributed by atoms with Gasteiger partial charge in [-0.25, -0.2) is 4.79 Å². The van der Waals surface area contributed by atoms with Gasteiger partial charge in [0.2, 0.25) is 17.7 Å². The fraction of sp³-hybridized carbons (Fsp3) is 0.556. The van der Waals surface area contributed by atoms with Crippen LogP contribution in [0, 0.1) is 17.8 Å². The van der Waals surface area contributed by atoms with Crippen LogP contribution in [0.25, 0.3) is 10.9 Å². The molecule has 2 aromatic rings. The number of nitrogens with two attached hydrogens (primary N) is 1. The standard InChI is InChI=1S/C27H41N5O5/c1-7-16(6)23(27(36)37)32-24(33)20(12-17-13-29-19-11-9-8-10-18(17)19)30-26(35)22(15(4)5)31-25(34)21(28)14(2)3/h8-11,13-16,20-23,29H,7,12,28H2,1-6H3,(H,30,35)(H,31,34)(H,32,33)(H,36,37). The number of rotatable bonds is 13. The second-order valence-corrected chi connectivity index (χ2v) is 10.3. The van der Waals surface area contributed by atoms with Gasteiger partial charge in [-0.3, -0.25) is 14.4 Å². The average Bonchev–Trinajstić information content (AvgIpc) is 3.26. The second-order valence-electron chi connectivity index (χ2n) is 10.3. The van der Waals surface area contributed by atoms with Gasteiger partial charge in [-0.05, 0) is 29.4 Å². The molecule has 204 valence electrons. The topological polar surface area (TPSA) is 166 Å². The Bertz CT molecular complexity index is 1100. The van der Waals surface area contributed by atoms with E-state index in [9.17, 15) is 24.3 Å². The molecule has 0 fully saturated rings. The van der Waals surface area contributed by atoms with E-state index in [2.05, 4.69) is 20.9 Å².